The van der Waals surface area contributed by atoms with Crippen LogP contribution in [-0.2, 0) is 0 Å². The maximum atomic E-state index is 12.1. The molecule has 1 aliphatic heterocycles. The van der Waals surface area contributed by atoms with E-state index in [9.17, 15) is 4.79 Å². The molecule has 1 heterocycles. The third kappa shape index (κ3) is 3.38. The molecule has 1 aliphatic rings. The fraction of sp³-hybridized carbons (Fsp3) is 0.500. The van der Waals surface area contributed by atoms with Crippen molar-refractivity contribution in [2.75, 3.05) is 39.5 Å². The zero-order valence-corrected chi connectivity index (χ0v) is 11.5. The Morgan fingerprint density at radius 1 is 1.58 bits per heavy atom. The van der Waals surface area contributed by atoms with Crippen LogP contribution in [0.25, 0.3) is 0 Å². The lowest BCUT2D eigenvalue weighted by Gasteiger charge is -2.13. The van der Waals surface area contributed by atoms with Crippen molar-refractivity contribution in [1.82, 2.24) is 10.2 Å². The van der Waals surface area contributed by atoms with Gasteiger partial charge in [0.25, 0.3) is 5.91 Å². The van der Waals surface area contributed by atoms with E-state index in [1.54, 1.807) is 25.3 Å². The summed E-state index contributed by atoms with van der Waals surface area (Å²) in [5.74, 6) is 1.08. The molecule has 1 saturated heterocycles. The molecular weight excluding hydrogens is 242 g/mol. The number of amides is 1. The van der Waals surface area contributed by atoms with Crippen molar-refractivity contribution in [2.24, 2.45) is 5.92 Å². The van der Waals surface area contributed by atoms with Crippen molar-refractivity contribution in [3.63, 3.8) is 0 Å². The normalized spacial score (nSPS) is 19.4. The van der Waals surface area contributed by atoms with Gasteiger partial charge in [-0.15, -0.1) is 0 Å². The largest absolute Gasteiger partial charge is 0.497 e. The summed E-state index contributed by atoms with van der Waals surface area (Å²) < 4.78 is 5.07. The van der Waals surface area contributed by atoms with Crippen molar-refractivity contribution in [3.05, 3.63) is 23.8 Å². The predicted octanol–water partition coefficient (Wildman–Crippen LogP) is 0.959. The highest BCUT2D eigenvalue weighted by Crippen LogP contribution is 2.20. The number of carbonyl (C=O) groups is 1. The Balaban J connectivity index is 1.92. The molecule has 19 heavy (non-hydrogen) atoms. The average molecular weight is 263 g/mol. The smallest absolute Gasteiger partial charge is 0.253 e. The zero-order valence-electron chi connectivity index (χ0n) is 11.5. The molecule has 0 aliphatic carbocycles. The number of anilines is 1. The summed E-state index contributed by atoms with van der Waals surface area (Å²) in [5, 5.41) is 2.95. The van der Waals surface area contributed by atoms with E-state index in [0.29, 0.717) is 29.5 Å². The highest BCUT2D eigenvalue weighted by molar-refractivity contribution is 5.99. The van der Waals surface area contributed by atoms with Crippen LogP contribution in [0, 0.1) is 5.92 Å². The second-order valence-corrected chi connectivity index (χ2v) is 5.08. The lowest BCUT2D eigenvalue weighted by molar-refractivity contribution is 0.0948. The summed E-state index contributed by atoms with van der Waals surface area (Å²) in [6.45, 7) is 2.85. The number of nitrogens with zero attached hydrogens (tertiary/aromatic N) is 1. The molecule has 2 rings (SSSR count). The zero-order chi connectivity index (χ0) is 13.8. The van der Waals surface area contributed by atoms with E-state index in [-0.39, 0.29) is 5.91 Å². The molecule has 1 aromatic carbocycles. The lowest BCUT2D eigenvalue weighted by atomic mass is 10.1. The second-order valence-electron chi connectivity index (χ2n) is 5.08. The van der Waals surface area contributed by atoms with Crippen LogP contribution in [0.4, 0.5) is 5.69 Å². The summed E-state index contributed by atoms with van der Waals surface area (Å²) in [5.41, 5.74) is 6.81. The molecule has 1 aromatic rings. The monoisotopic (exact) mass is 263 g/mol. The highest BCUT2D eigenvalue weighted by atomic mass is 16.5. The third-order valence-corrected chi connectivity index (χ3v) is 3.54. The number of rotatable bonds is 4. The molecule has 0 bridgehead atoms. The fourth-order valence-corrected chi connectivity index (χ4v) is 2.40. The van der Waals surface area contributed by atoms with Crippen LogP contribution in [0.3, 0.4) is 0 Å². The van der Waals surface area contributed by atoms with Gasteiger partial charge < -0.3 is 20.7 Å². The average Bonchev–Trinajstić information content (AvgIpc) is 2.81. The Morgan fingerprint density at radius 3 is 2.95 bits per heavy atom. The number of nitrogens with one attached hydrogen (secondary N) is 1. The van der Waals surface area contributed by atoms with E-state index in [0.717, 1.165) is 19.5 Å². The Bertz CT molecular complexity index is 462. The summed E-state index contributed by atoms with van der Waals surface area (Å²) in [4.78, 5) is 14.3. The Morgan fingerprint density at radius 2 is 2.37 bits per heavy atom. The topological polar surface area (TPSA) is 67.6 Å². The van der Waals surface area contributed by atoms with Crippen molar-refractivity contribution < 1.29 is 9.53 Å². The predicted molar refractivity (Wildman–Crippen MR) is 75.3 cm³/mol. The van der Waals surface area contributed by atoms with Crippen LogP contribution in [0.1, 0.15) is 16.8 Å². The van der Waals surface area contributed by atoms with E-state index in [1.165, 1.54) is 0 Å². The van der Waals surface area contributed by atoms with Gasteiger partial charge in [-0.1, -0.05) is 0 Å². The number of ether oxygens (including phenoxy) is 1. The molecule has 0 radical (unpaired) electrons. The Hall–Kier alpha value is -1.75. The van der Waals surface area contributed by atoms with Gasteiger partial charge in [-0.05, 0) is 38.1 Å². The van der Waals surface area contributed by atoms with E-state index < -0.39 is 0 Å². The molecule has 0 aromatic heterocycles. The summed E-state index contributed by atoms with van der Waals surface area (Å²) in [6, 6.07) is 5.11. The number of nitrogen functional groups attached to an aromatic ring is 1. The minimum Gasteiger partial charge on any atom is -0.497 e. The molecule has 5 heteroatoms. The van der Waals surface area contributed by atoms with Gasteiger partial charge >= 0.3 is 0 Å². The minimum atomic E-state index is -0.116. The first-order valence-electron chi connectivity index (χ1n) is 6.50. The van der Waals surface area contributed by atoms with Crippen molar-refractivity contribution in [1.29, 1.82) is 0 Å². The number of hydrogen-bond donors (Lipinski definition) is 2. The van der Waals surface area contributed by atoms with Crippen LogP contribution in [0.15, 0.2) is 18.2 Å². The van der Waals surface area contributed by atoms with Gasteiger partial charge in [0.15, 0.2) is 0 Å². The molecule has 1 unspecified atom stereocenters. The first-order chi connectivity index (χ1) is 9.10. The van der Waals surface area contributed by atoms with Gasteiger partial charge in [0.1, 0.15) is 5.75 Å². The number of hydrogen-bond acceptors (Lipinski definition) is 4. The number of likely N-dealkylation sites (tertiary alicyclic amines) is 1. The second kappa shape index (κ2) is 5.93. The van der Waals surface area contributed by atoms with Crippen LogP contribution >= 0.6 is 0 Å². The van der Waals surface area contributed by atoms with Crippen molar-refractivity contribution in [3.8, 4) is 5.75 Å². The molecule has 1 fully saturated rings. The molecule has 3 N–H and O–H groups in total. The van der Waals surface area contributed by atoms with Gasteiger partial charge in [0.05, 0.1) is 12.7 Å². The van der Waals surface area contributed by atoms with E-state index in [4.69, 9.17) is 10.5 Å². The van der Waals surface area contributed by atoms with E-state index >= 15 is 0 Å². The number of methoxy groups -OCH3 is 1. The molecule has 0 spiro atoms. The maximum Gasteiger partial charge on any atom is 0.253 e. The first-order valence-corrected chi connectivity index (χ1v) is 6.50. The molecule has 104 valence electrons. The van der Waals surface area contributed by atoms with Crippen LogP contribution < -0.4 is 15.8 Å². The Kier molecular flexibility index (Phi) is 4.27. The van der Waals surface area contributed by atoms with Crippen molar-refractivity contribution in [2.45, 2.75) is 6.42 Å². The minimum absolute atomic E-state index is 0.116. The first kappa shape index (κ1) is 13.7. The van der Waals surface area contributed by atoms with E-state index in [2.05, 4.69) is 17.3 Å². The highest BCUT2D eigenvalue weighted by Gasteiger charge is 2.20. The molecule has 1 amide bonds. The standard InChI is InChI=1S/C14H21N3O2/c1-17-6-5-10(9-17)8-16-14(18)12-4-3-11(19-2)7-13(12)15/h3-4,7,10H,5-6,8-9,15H2,1-2H3,(H,16,18). The van der Waals surface area contributed by atoms with Crippen LogP contribution in [0.5, 0.6) is 5.75 Å². The number of nitrogens with two attached hydrogens (primary N) is 1. The van der Waals surface area contributed by atoms with Gasteiger partial charge in [0, 0.05) is 24.8 Å². The van der Waals surface area contributed by atoms with Crippen LogP contribution in [-0.4, -0.2) is 44.6 Å². The van der Waals surface area contributed by atoms with Crippen LogP contribution in [0.2, 0.25) is 0 Å². The van der Waals surface area contributed by atoms with Crippen molar-refractivity contribution >= 4 is 11.6 Å². The van der Waals surface area contributed by atoms with Gasteiger partial charge in [-0.25, -0.2) is 0 Å². The summed E-state index contributed by atoms with van der Waals surface area (Å²) in [6.07, 6.45) is 1.13. The van der Waals surface area contributed by atoms with E-state index in [1.807, 2.05) is 0 Å². The summed E-state index contributed by atoms with van der Waals surface area (Å²) in [7, 11) is 3.67. The summed E-state index contributed by atoms with van der Waals surface area (Å²) >= 11 is 0. The van der Waals surface area contributed by atoms with Gasteiger partial charge in [-0.3, -0.25) is 4.79 Å². The molecular formula is C14H21N3O2. The molecule has 0 saturated carbocycles. The fourth-order valence-electron chi connectivity index (χ4n) is 2.40. The Labute approximate surface area is 113 Å². The quantitative estimate of drug-likeness (QED) is 0.794. The number of carbonyl (C=O) groups excluding carboxylic acids is 1. The molecule has 1 atom stereocenters. The third-order valence-electron chi connectivity index (χ3n) is 3.54. The SMILES string of the molecule is COc1ccc(C(=O)NCC2CCN(C)C2)c(N)c1. The number of benzene rings is 1. The van der Waals surface area contributed by atoms with Gasteiger partial charge in [-0.2, -0.15) is 0 Å². The lowest BCUT2D eigenvalue weighted by Crippen LogP contribution is -2.30. The molecule has 5 nitrogen and oxygen atoms in total. The maximum absolute atomic E-state index is 12.1. The van der Waals surface area contributed by atoms with Gasteiger partial charge in [0.2, 0.25) is 0 Å².